The first kappa shape index (κ1) is 24.3. The summed E-state index contributed by atoms with van der Waals surface area (Å²) in [5.41, 5.74) is 3.49. The summed E-state index contributed by atoms with van der Waals surface area (Å²) in [6, 6.07) is 14.5. The van der Waals surface area contributed by atoms with Crippen LogP contribution in [0.1, 0.15) is 47.9 Å². The Hall–Kier alpha value is -3.87. The van der Waals surface area contributed by atoms with E-state index >= 15 is 0 Å². The fourth-order valence-electron chi connectivity index (χ4n) is 3.79. The van der Waals surface area contributed by atoms with E-state index in [-0.39, 0.29) is 32.3 Å². The lowest BCUT2D eigenvalue weighted by Gasteiger charge is -2.21. The highest BCUT2D eigenvalue weighted by Gasteiger charge is 2.34. The van der Waals surface area contributed by atoms with Gasteiger partial charge in [-0.3, -0.25) is 19.3 Å². The minimum absolute atomic E-state index is 0.0938. The van der Waals surface area contributed by atoms with Crippen LogP contribution in [0, 0.1) is 18.3 Å². The highest BCUT2D eigenvalue weighted by Crippen LogP contribution is 2.38. The summed E-state index contributed by atoms with van der Waals surface area (Å²) in [4.78, 5) is 39.7. The summed E-state index contributed by atoms with van der Waals surface area (Å²) >= 11 is 7.05. The molecular formula is C25H20ClN5O3S. The fourth-order valence-corrected chi connectivity index (χ4v) is 4.91. The Morgan fingerprint density at radius 1 is 1.14 bits per heavy atom. The lowest BCUT2D eigenvalue weighted by molar-refractivity contribution is 0.0653. The number of anilines is 1. The van der Waals surface area contributed by atoms with Crippen molar-refractivity contribution in [2.24, 2.45) is 10.2 Å². The molecule has 0 radical (unpaired) electrons. The zero-order valence-electron chi connectivity index (χ0n) is 19.0. The minimum atomic E-state index is -0.245. The molecule has 4 rings (SSSR count). The molecule has 0 N–H and O–H groups in total. The number of carbonyl (C=O) groups excluding carboxylic acids is 3. The molecule has 1 aliphatic heterocycles. The van der Waals surface area contributed by atoms with Crippen LogP contribution in [0.3, 0.4) is 0 Å². The maximum absolute atomic E-state index is 12.5. The molecule has 1 aromatic heterocycles. The number of azo groups is 1. The lowest BCUT2D eigenvalue weighted by atomic mass is 10.1. The zero-order chi connectivity index (χ0) is 25.1. The average Bonchev–Trinajstić information content (AvgIpc) is 3.31. The van der Waals surface area contributed by atoms with Crippen LogP contribution in [0.2, 0.25) is 5.02 Å². The summed E-state index contributed by atoms with van der Waals surface area (Å²) < 4.78 is 0. The molecule has 8 nitrogen and oxygen atoms in total. The van der Waals surface area contributed by atoms with Crippen LogP contribution in [-0.2, 0) is 0 Å². The number of benzene rings is 2. The summed E-state index contributed by atoms with van der Waals surface area (Å²) in [6.45, 7) is 2.88. The number of hydrogen-bond acceptors (Lipinski definition) is 8. The van der Waals surface area contributed by atoms with Crippen LogP contribution in [0.25, 0.3) is 0 Å². The quantitative estimate of drug-likeness (QED) is 0.214. The zero-order valence-corrected chi connectivity index (χ0v) is 20.6. The molecule has 0 aliphatic carbocycles. The van der Waals surface area contributed by atoms with Crippen LogP contribution in [0.5, 0.6) is 0 Å². The van der Waals surface area contributed by atoms with Gasteiger partial charge < -0.3 is 4.90 Å². The van der Waals surface area contributed by atoms with Crippen molar-refractivity contribution in [2.45, 2.75) is 13.3 Å². The van der Waals surface area contributed by atoms with Crippen molar-refractivity contribution in [1.82, 2.24) is 4.90 Å². The van der Waals surface area contributed by atoms with Gasteiger partial charge >= 0.3 is 0 Å². The van der Waals surface area contributed by atoms with Crippen molar-refractivity contribution in [2.75, 3.05) is 25.0 Å². The molecular weight excluding hydrogens is 486 g/mol. The molecule has 0 unspecified atom stereocenters. The van der Waals surface area contributed by atoms with E-state index in [0.29, 0.717) is 42.6 Å². The van der Waals surface area contributed by atoms with Crippen molar-refractivity contribution in [3.63, 3.8) is 0 Å². The standard InChI is InChI=1S/C25H20ClN5O3S/c1-15-12-16(8-9-20(15)28-29-23-19(13-27)22(26)21(14-32)35-23)30(2)10-5-11-31-24(33)17-6-3-4-7-18(17)25(31)34/h3-4,6-9,12,14H,5,10-11H2,1-2H3. The predicted octanol–water partition coefficient (Wildman–Crippen LogP) is 5.93. The van der Waals surface area contributed by atoms with Crippen LogP contribution in [-0.4, -0.2) is 43.1 Å². The molecule has 0 spiro atoms. The number of nitrogens with zero attached hydrogens (tertiary/aromatic N) is 5. The minimum Gasteiger partial charge on any atom is -0.375 e. The number of halogens is 1. The van der Waals surface area contributed by atoms with Crippen molar-refractivity contribution < 1.29 is 14.4 Å². The normalized spacial score (nSPS) is 12.8. The number of amides is 2. The Morgan fingerprint density at radius 3 is 2.43 bits per heavy atom. The average molecular weight is 506 g/mol. The number of thiophene rings is 1. The topological polar surface area (TPSA) is 106 Å². The molecule has 3 aromatic rings. The van der Waals surface area contributed by atoms with E-state index < -0.39 is 0 Å². The first-order chi connectivity index (χ1) is 16.8. The van der Waals surface area contributed by atoms with Gasteiger partial charge in [-0.15, -0.1) is 21.6 Å². The van der Waals surface area contributed by atoms with Gasteiger partial charge in [0.05, 0.1) is 26.7 Å². The van der Waals surface area contributed by atoms with Crippen LogP contribution >= 0.6 is 22.9 Å². The van der Waals surface area contributed by atoms with E-state index in [1.165, 1.54) is 4.90 Å². The lowest BCUT2D eigenvalue weighted by Crippen LogP contribution is -2.32. The number of fused-ring (bicyclic) bond motifs is 1. The summed E-state index contributed by atoms with van der Waals surface area (Å²) in [7, 11) is 1.94. The van der Waals surface area contributed by atoms with Crippen molar-refractivity contribution >= 4 is 57.4 Å². The monoisotopic (exact) mass is 505 g/mol. The largest absolute Gasteiger partial charge is 0.375 e. The fraction of sp³-hybridized carbons (Fsp3) is 0.200. The highest BCUT2D eigenvalue weighted by molar-refractivity contribution is 7.18. The Balaban J connectivity index is 1.39. The van der Waals surface area contributed by atoms with Crippen molar-refractivity contribution in [3.05, 3.63) is 74.6 Å². The van der Waals surface area contributed by atoms with Gasteiger partial charge in [-0.25, -0.2) is 0 Å². The molecule has 2 aromatic carbocycles. The third-order valence-electron chi connectivity index (χ3n) is 5.70. The van der Waals surface area contributed by atoms with E-state index in [4.69, 9.17) is 11.6 Å². The van der Waals surface area contributed by atoms with Gasteiger partial charge in [0.1, 0.15) is 11.6 Å². The second-order valence-electron chi connectivity index (χ2n) is 7.94. The predicted molar refractivity (Wildman–Crippen MR) is 134 cm³/mol. The van der Waals surface area contributed by atoms with E-state index in [0.717, 1.165) is 22.6 Å². The molecule has 35 heavy (non-hydrogen) atoms. The summed E-state index contributed by atoms with van der Waals surface area (Å²) in [5.74, 6) is -0.490. The first-order valence-corrected chi connectivity index (χ1v) is 11.9. The van der Waals surface area contributed by atoms with Gasteiger partial charge in [-0.05, 0) is 49.2 Å². The highest BCUT2D eigenvalue weighted by atomic mass is 35.5. The number of rotatable bonds is 8. The molecule has 0 saturated heterocycles. The Bertz CT molecular complexity index is 1370. The number of carbonyl (C=O) groups is 3. The first-order valence-electron chi connectivity index (χ1n) is 10.7. The van der Waals surface area contributed by atoms with Gasteiger partial charge in [-0.2, -0.15) is 5.26 Å². The smallest absolute Gasteiger partial charge is 0.261 e. The van der Waals surface area contributed by atoms with E-state index in [2.05, 4.69) is 10.2 Å². The van der Waals surface area contributed by atoms with Crippen molar-refractivity contribution in [3.8, 4) is 6.07 Å². The summed E-state index contributed by atoms with van der Waals surface area (Å²) in [5, 5.41) is 18.0. The second kappa shape index (κ2) is 10.2. The van der Waals surface area contributed by atoms with E-state index in [9.17, 15) is 19.6 Å². The molecule has 2 heterocycles. The molecule has 1 aliphatic rings. The summed E-state index contributed by atoms with van der Waals surface area (Å²) in [6.07, 6.45) is 1.22. The third-order valence-corrected chi connectivity index (χ3v) is 7.20. The Morgan fingerprint density at radius 2 is 1.83 bits per heavy atom. The maximum atomic E-state index is 12.5. The Kier molecular flexibility index (Phi) is 7.05. The molecule has 0 atom stereocenters. The molecule has 2 amide bonds. The van der Waals surface area contributed by atoms with Crippen LogP contribution < -0.4 is 4.90 Å². The number of aldehydes is 1. The third kappa shape index (κ3) is 4.71. The van der Waals surface area contributed by atoms with E-state index in [1.807, 2.05) is 43.1 Å². The molecule has 176 valence electrons. The number of imide groups is 1. The van der Waals surface area contributed by atoms with Gasteiger partial charge in [0.2, 0.25) is 0 Å². The van der Waals surface area contributed by atoms with Crippen LogP contribution in [0.4, 0.5) is 16.4 Å². The maximum Gasteiger partial charge on any atom is 0.261 e. The van der Waals surface area contributed by atoms with Gasteiger partial charge in [0, 0.05) is 25.8 Å². The van der Waals surface area contributed by atoms with Gasteiger partial charge in [0.15, 0.2) is 11.3 Å². The number of hydrogen-bond donors (Lipinski definition) is 0. The van der Waals surface area contributed by atoms with Gasteiger partial charge in [0.25, 0.3) is 11.8 Å². The number of nitriles is 1. The molecule has 0 bridgehead atoms. The molecule has 0 fully saturated rings. The van der Waals surface area contributed by atoms with Crippen molar-refractivity contribution in [1.29, 1.82) is 5.26 Å². The molecule has 10 heteroatoms. The number of aryl methyl sites for hydroxylation is 1. The van der Waals surface area contributed by atoms with E-state index in [1.54, 1.807) is 24.3 Å². The van der Waals surface area contributed by atoms with Gasteiger partial charge in [-0.1, -0.05) is 23.7 Å². The van der Waals surface area contributed by atoms with Crippen LogP contribution in [0.15, 0.2) is 52.7 Å². The second-order valence-corrected chi connectivity index (χ2v) is 9.35. The molecule has 0 saturated carbocycles. The Labute approximate surface area is 211 Å². The SMILES string of the molecule is Cc1cc(N(C)CCCN2C(=O)c3ccccc3C2=O)ccc1N=Nc1sc(C=O)c(Cl)c1C#N.